The van der Waals surface area contributed by atoms with E-state index in [0.717, 1.165) is 23.0 Å². The molecule has 8 aromatic rings. The van der Waals surface area contributed by atoms with E-state index in [-0.39, 0.29) is 5.41 Å². The van der Waals surface area contributed by atoms with Gasteiger partial charge in [-0.05, 0) is 143 Å². The molecule has 4 saturated carbocycles. The number of para-hydroxylation sites is 1. The molecular formula is C46H34OS. The lowest BCUT2D eigenvalue weighted by molar-refractivity contribution is -0.0397. The molecule has 5 aliphatic carbocycles. The van der Waals surface area contributed by atoms with Crippen molar-refractivity contribution >= 4 is 53.4 Å². The van der Waals surface area contributed by atoms with Crippen LogP contribution < -0.4 is 0 Å². The quantitative estimate of drug-likeness (QED) is 0.184. The molecule has 5 aliphatic rings. The van der Waals surface area contributed by atoms with E-state index >= 15 is 0 Å². The Morgan fingerprint density at radius 2 is 1.19 bits per heavy atom. The highest BCUT2D eigenvalue weighted by atomic mass is 32.1. The van der Waals surface area contributed by atoms with E-state index in [9.17, 15) is 0 Å². The Morgan fingerprint density at radius 3 is 2.06 bits per heavy atom. The van der Waals surface area contributed by atoms with Gasteiger partial charge in [-0.1, -0.05) is 78.9 Å². The van der Waals surface area contributed by atoms with Gasteiger partial charge in [-0.2, -0.15) is 0 Å². The summed E-state index contributed by atoms with van der Waals surface area (Å²) in [5.74, 6) is 3.25. The molecule has 0 unspecified atom stereocenters. The second-order valence-electron chi connectivity index (χ2n) is 15.3. The Hall–Kier alpha value is -4.66. The monoisotopic (exact) mass is 634 g/mol. The van der Waals surface area contributed by atoms with Crippen molar-refractivity contribution in [2.75, 3.05) is 0 Å². The summed E-state index contributed by atoms with van der Waals surface area (Å²) in [6.45, 7) is 0. The highest BCUT2D eigenvalue weighted by Crippen LogP contribution is 2.70. The molecule has 0 N–H and O–H groups in total. The van der Waals surface area contributed by atoms with E-state index < -0.39 is 0 Å². The number of furan rings is 1. The average molecular weight is 635 g/mol. The van der Waals surface area contributed by atoms with Crippen molar-refractivity contribution < 1.29 is 4.42 Å². The lowest BCUT2D eigenvalue weighted by Crippen LogP contribution is -2.55. The first-order valence-corrected chi connectivity index (χ1v) is 18.7. The summed E-state index contributed by atoms with van der Waals surface area (Å²) in [6, 6.07) is 46.1. The number of fused-ring (bicyclic) bond motifs is 9. The second-order valence-corrected chi connectivity index (χ2v) is 16.3. The molecule has 2 heteroatoms. The van der Waals surface area contributed by atoms with Crippen LogP contribution in [0.2, 0.25) is 0 Å². The fraction of sp³-hybridized carbons (Fsp3) is 0.217. The number of hydrogen-bond acceptors (Lipinski definition) is 2. The molecule has 1 nitrogen and oxygen atoms in total. The van der Waals surface area contributed by atoms with Gasteiger partial charge in [0.15, 0.2) is 0 Å². The molecule has 1 spiro atoms. The molecule has 2 heterocycles. The maximum atomic E-state index is 6.35. The van der Waals surface area contributed by atoms with Crippen LogP contribution in [0.1, 0.15) is 43.2 Å². The Bertz CT molecular complexity index is 2620. The predicted molar refractivity (Wildman–Crippen MR) is 201 cm³/mol. The third-order valence-corrected chi connectivity index (χ3v) is 14.2. The Labute approximate surface area is 283 Å². The summed E-state index contributed by atoms with van der Waals surface area (Å²) >= 11 is 1.91. The topological polar surface area (TPSA) is 13.1 Å². The summed E-state index contributed by atoms with van der Waals surface area (Å²) in [6.07, 6.45) is 6.99. The molecule has 0 atom stereocenters. The van der Waals surface area contributed by atoms with Gasteiger partial charge in [0.05, 0.1) is 0 Å². The van der Waals surface area contributed by atoms with Crippen molar-refractivity contribution in [2.24, 2.45) is 23.7 Å². The molecule has 230 valence electrons. The van der Waals surface area contributed by atoms with Crippen LogP contribution >= 0.6 is 11.3 Å². The number of benzene rings is 6. The number of thiophene rings is 1. The van der Waals surface area contributed by atoms with Crippen molar-refractivity contribution in [1.82, 2.24) is 0 Å². The van der Waals surface area contributed by atoms with Crippen LogP contribution in [0.25, 0.3) is 75.5 Å². The van der Waals surface area contributed by atoms with Crippen LogP contribution in [0.4, 0.5) is 0 Å². The number of hydrogen-bond donors (Lipinski definition) is 0. The van der Waals surface area contributed by atoms with Gasteiger partial charge < -0.3 is 4.42 Å². The fourth-order valence-electron chi connectivity index (χ4n) is 11.6. The standard InChI is InChI=1S/C46H34OS/c1-4-12-39-33(8-1)38-25-29(32-11-7-15-43-44(32)35-10-3-6-14-42(35)48-43)24-36(28-16-17-41-37(23-28)34-9-2-5-13-40(34)47-41)45(38)46(39)30-19-26-18-27(21-30)22-31(46)20-26/h1-17,23-27,30-31H,18-22H2. The molecule has 2 aromatic heterocycles. The zero-order chi connectivity index (χ0) is 31.1. The third kappa shape index (κ3) is 3.27. The Kier molecular flexibility index (Phi) is 5.08. The minimum absolute atomic E-state index is 0.0850. The van der Waals surface area contributed by atoms with Crippen LogP contribution in [0.5, 0.6) is 0 Å². The van der Waals surface area contributed by atoms with Crippen LogP contribution in [0, 0.1) is 23.7 Å². The third-order valence-electron chi connectivity index (χ3n) is 13.0. The van der Waals surface area contributed by atoms with E-state index in [4.69, 9.17) is 4.42 Å². The molecular weight excluding hydrogens is 601 g/mol. The van der Waals surface area contributed by atoms with Gasteiger partial charge in [0, 0.05) is 36.4 Å². The first-order valence-electron chi connectivity index (χ1n) is 17.8. The van der Waals surface area contributed by atoms with E-state index in [1.165, 1.54) is 96.4 Å². The fourth-order valence-corrected chi connectivity index (χ4v) is 12.7. The molecule has 48 heavy (non-hydrogen) atoms. The van der Waals surface area contributed by atoms with Crippen LogP contribution in [0.3, 0.4) is 0 Å². The first kappa shape index (κ1) is 26.3. The lowest BCUT2D eigenvalue weighted by Gasteiger charge is -2.61. The van der Waals surface area contributed by atoms with Crippen molar-refractivity contribution in [3.05, 3.63) is 132 Å². The van der Waals surface area contributed by atoms with Crippen molar-refractivity contribution in [1.29, 1.82) is 0 Å². The molecule has 6 aromatic carbocycles. The van der Waals surface area contributed by atoms with Crippen LogP contribution in [0.15, 0.2) is 126 Å². The van der Waals surface area contributed by atoms with Gasteiger partial charge in [-0.25, -0.2) is 0 Å². The van der Waals surface area contributed by atoms with Crippen LogP contribution in [-0.2, 0) is 5.41 Å². The summed E-state index contributed by atoms with van der Waals surface area (Å²) in [5, 5.41) is 5.15. The van der Waals surface area contributed by atoms with Gasteiger partial charge in [-0.3, -0.25) is 0 Å². The minimum Gasteiger partial charge on any atom is -0.456 e. The Balaban J connectivity index is 1.21. The highest BCUT2D eigenvalue weighted by molar-refractivity contribution is 7.25. The summed E-state index contributed by atoms with van der Waals surface area (Å²) in [4.78, 5) is 0. The zero-order valence-electron chi connectivity index (χ0n) is 26.7. The van der Waals surface area contributed by atoms with Gasteiger partial charge in [0.2, 0.25) is 0 Å². The second kappa shape index (κ2) is 9.27. The molecule has 13 rings (SSSR count). The van der Waals surface area contributed by atoms with E-state index in [1.807, 2.05) is 11.3 Å². The number of rotatable bonds is 2. The molecule has 4 fully saturated rings. The van der Waals surface area contributed by atoms with Gasteiger partial charge >= 0.3 is 0 Å². The van der Waals surface area contributed by atoms with Crippen molar-refractivity contribution in [2.45, 2.75) is 37.5 Å². The summed E-state index contributed by atoms with van der Waals surface area (Å²) in [7, 11) is 0. The van der Waals surface area contributed by atoms with Gasteiger partial charge in [0.1, 0.15) is 11.2 Å². The Morgan fingerprint density at radius 1 is 0.500 bits per heavy atom. The average Bonchev–Trinajstić information content (AvgIpc) is 3.78. The van der Waals surface area contributed by atoms with E-state index in [2.05, 4.69) is 121 Å². The summed E-state index contributed by atoms with van der Waals surface area (Å²) in [5.41, 5.74) is 13.6. The zero-order valence-corrected chi connectivity index (χ0v) is 27.5. The largest absolute Gasteiger partial charge is 0.456 e. The maximum absolute atomic E-state index is 6.35. The molecule has 0 radical (unpaired) electrons. The van der Waals surface area contributed by atoms with E-state index in [0.29, 0.717) is 11.8 Å². The first-order chi connectivity index (χ1) is 23.7. The molecule has 0 amide bonds. The normalized spacial score (nSPS) is 25.2. The highest BCUT2D eigenvalue weighted by Gasteiger charge is 2.62. The molecule has 4 bridgehead atoms. The van der Waals surface area contributed by atoms with E-state index in [1.54, 1.807) is 11.1 Å². The smallest absolute Gasteiger partial charge is 0.135 e. The molecule has 0 saturated heterocycles. The predicted octanol–water partition coefficient (Wildman–Crippen LogP) is 13.0. The van der Waals surface area contributed by atoms with Crippen LogP contribution in [-0.4, -0.2) is 0 Å². The van der Waals surface area contributed by atoms with Crippen molar-refractivity contribution in [3.63, 3.8) is 0 Å². The van der Waals surface area contributed by atoms with Crippen molar-refractivity contribution in [3.8, 4) is 33.4 Å². The van der Waals surface area contributed by atoms with Gasteiger partial charge in [-0.15, -0.1) is 11.3 Å². The molecule has 0 aliphatic heterocycles. The lowest BCUT2D eigenvalue weighted by atomic mass is 9.42. The SMILES string of the molecule is c1ccc2c(c1)-c1cc(-c3cccc4sc5ccccc5c34)cc(-c3ccc4oc5ccccc5c4c3)c1C21C2CC3CC(C2)CC1C3. The maximum Gasteiger partial charge on any atom is 0.135 e. The summed E-state index contributed by atoms with van der Waals surface area (Å²) < 4.78 is 9.07. The van der Waals surface area contributed by atoms with Gasteiger partial charge in [0.25, 0.3) is 0 Å². The minimum atomic E-state index is 0.0850.